The van der Waals surface area contributed by atoms with E-state index in [1.807, 2.05) is 24.0 Å². The molecule has 1 N–H and O–H groups in total. The largest absolute Gasteiger partial charge is 0.378 e. The maximum Gasteiger partial charge on any atom is 0.0518 e. The van der Waals surface area contributed by atoms with Gasteiger partial charge in [0.25, 0.3) is 0 Å². The molecule has 1 aromatic carbocycles. The van der Waals surface area contributed by atoms with Crippen molar-refractivity contribution in [3.8, 4) is 0 Å². The molecule has 0 aliphatic rings. The van der Waals surface area contributed by atoms with E-state index in [2.05, 4.69) is 53.7 Å². The van der Waals surface area contributed by atoms with Crippen molar-refractivity contribution >= 4 is 30.5 Å². The monoisotopic (exact) mass is 316 g/mol. The summed E-state index contributed by atoms with van der Waals surface area (Å²) < 4.78 is 1.89. The van der Waals surface area contributed by atoms with E-state index in [4.69, 9.17) is 0 Å². The van der Waals surface area contributed by atoms with Crippen molar-refractivity contribution in [1.82, 2.24) is 15.1 Å². The van der Waals surface area contributed by atoms with Gasteiger partial charge in [0, 0.05) is 46.1 Å². The van der Waals surface area contributed by atoms with E-state index in [0.29, 0.717) is 0 Å². The van der Waals surface area contributed by atoms with Crippen LogP contribution in [0.5, 0.6) is 0 Å². The van der Waals surface area contributed by atoms with E-state index >= 15 is 0 Å². The third-order valence-corrected chi connectivity index (χ3v) is 3.01. The SMILES string of the molecule is CN(C)c1ccc(CNCc2ccnn2C)cc1.Cl.Cl. The van der Waals surface area contributed by atoms with Crippen LogP contribution in [0.15, 0.2) is 36.5 Å². The molecule has 1 heterocycles. The summed E-state index contributed by atoms with van der Waals surface area (Å²) in [6.07, 6.45) is 1.82. The van der Waals surface area contributed by atoms with Gasteiger partial charge < -0.3 is 10.2 Å². The molecule has 0 unspecified atom stereocenters. The molecule has 0 amide bonds. The second kappa shape index (κ2) is 8.84. The van der Waals surface area contributed by atoms with Crippen LogP contribution in [0.25, 0.3) is 0 Å². The zero-order valence-electron chi connectivity index (χ0n) is 12.0. The first-order chi connectivity index (χ1) is 8.66. The Balaban J connectivity index is 0.00000180. The summed E-state index contributed by atoms with van der Waals surface area (Å²) in [6, 6.07) is 10.6. The topological polar surface area (TPSA) is 33.1 Å². The number of hydrogen-bond acceptors (Lipinski definition) is 3. The molecule has 112 valence electrons. The predicted molar refractivity (Wildman–Crippen MR) is 89.0 cm³/mol. The third-order valence-electron chi connectivity index (χ3n) is 3.01. The normalized spacial score (nSPS) is 9.55. The molecule has 0 fully saturated rings. The van der Waals surface area contributed by atoms with Gasteiger partial charge in [-0.25, -0.2) is 0 Å². The molecule has 0 aliphatic carbocycles. The molecule has 0 bridgehead atoms. The fraction of sp³-hybridized carbons (Fsp3) is 0.357. The van der Waals surface area contributed by atoms with Gasteiger partial charge in [0.1, 0.15) is 0 Å². The average molecular weight is 317 g/mol. The Morgan fingerprint density at radius 3 is 2.20 bits per heavy atom. The van der Waals surface area contributed by atoms with Crippen LogP contribution >= 0.6 is 24.8 Å². The summed E-state index contributed by atoms with van der Waals surface area (Å²) in [5, 5.41) is 7.56. The van der Waals surface area contributed by atoms with Crippen LogP contribution < -0.4 is 10.2 Å². The van der Waals surface area contributed by atoms with Gasteiger partial charge in [-0.05, 0) is 23.8 Å². The van der Waals surface area contributed by atoms with Gasteiger partial charge in [0.2, 0.25) is 0 Å². The van der Waals surface area contributed by atoms with Crippen molar-refractivity contribution in [3.05, 3.63) is 47.8 Å². The number of aromatic nitrogens is 2. The third kappa shape index (κ3) is 5.04. The Kier molecular flexibility index (Phi) is 8.30. The molecule has 0 radical (unpaired) electrons. The van der Waals surface area contributed by atoms with E-state index < -0.39 is 0 Å². The van der Waals surface area contributed by atoms with Crippen molar-refractivity contribution in [3.63, 3.8) is 0 Å². The highest BCUT2D eigenvalue weighted by atomic mass is 35.5. The molecule has 4 nitrogen and oxygen atoms in total. The summed E-state index contributed by atoms with van der Waals surface area (Å²) >= 11 is 0. The van der Waals surface area contributed by atoms with E-state index in [1.165, 1.54) is 16.9 Å². The second-order valence-corrected chi connectivity index (χ2v) is 4.61. The highest BCUT2D eigenvalue weighted by Crippen LogP contribution is 2.12. The number of hydrogen-bond donors (Lipinski definition) is 1. The number of benzene rings is 1. The van der Waals surface area contributed by atoms with E-state index in [1.54, 1.807) is 0 Å². The first-order valence-electron chi connectivity index (χ1n) is 6.10. The van der Waals surface area contributed by atoms with E-state index in [9.17, 15) is 0 Å². The standard InChI is InChI=1S/C14H20N4.2ClH/c1-17(2)13-6-4-12(5-7-13)10-15-11-14-8-9-16-18(14)3;;/h4-9,15H,10-11H2,1-3H3;2*1H. The van der Waals surface area contributed by atoms with Gasteiger partial charge in [-0.1, -0.05) is 12.1 Å². The minimum absolute atomic E-state index is 0. The minimum Gasteiger partial charge on any atom is -0.378 e. The van der Waals surface area contributed by atoms with Crippen molar-refractivity contribution in [1.29, 1.82) is 0 Å². The molecule has 2 aromatic rings. The average Bonchev–Trinajstić information content (AvgIpc) is 2.76. The van der Waals surface area contributed by atoms with Crippen molar-refractivity contribution in [2.75, 3.05) is 19.0 Å². The van der Waals surface area contributed by atoms with Gasteiger partial charge in [-0.15, -0.1) is 24.8 Å². The van der Waals surface area contributed by atoms with Crippen LogP contribution in [0.3, 0.4) is 0 Å². The number of nitrogens with zero attached hydrogens (tertiary/aromatic N) is 3. The molecule has 6 heteroatoms. The molecular formula is C14H22Cl2N4. The summed E-state index contributed by atoms with van der Waals surface area (Å²) in [4.78, 5) is 2.10. The Labute approximate surface area is 133 Å². The smallest absolute Gasteiger partial charge is 0.0518 e. The lowest BCUT2D eigenvalue weighted by Crippen LogP contribution is -2.15. The maximum absolute atomic E-state index is 4.14. The Hall–Kier alpha value is -1.23. The predicted octanol–water partition coefficient (Wildman–Crippen LogP) is 2.62. The zero-order valence-corrected chi connectivity index (χ0v) is 13.7. The number of nitrogens with one attached hydrogen (secondary N) is 1. The van der Waals surface area contributed by atoms with Crippen LogP contribution in [0.2, 0.25) is 0 Å². The Morgan fingerprint density at radius 2 is 1.70 bits per heavy atom. The number of anilines is 1. The van der Waals surface area contributed by atoms with Gasteiger partial charge in [0.15, 0.2) is 0 Å². The highest BCUT2D eigenvalue weighted by Gasteiger charge is 1.99. The van der Waals surface area contributed by atoms with Crippen molar-refractivity contribution in [2.45, 2.75) is 13.1 Å². The molecule has 0 atom stereocenters. The lowest BCUT2D eigenvalue weighted by atomic mass is 10.2. The van der Waals surface area contributed by atoms with Gasteiger partial charge in [0.05, 0.1) is 5.69 Å². The first-order valence-corrected chi connectivity index (χ1v) is 6.10. The summed E-state index contributed by atoms with van der Waals surface area (Å²) in [5.74, 6) is 0. The minimum atomic E-state index is 0. The van der Waals surface area contributed by atoms with Crippen LogP contribution in [-0.2, 0) is 20.1 Å². The maximum atomic E-state index is 4.14. The second-order valence-electron chi connectivity index (χ2n) is 4.61. The van der Waals surface area contributed by atoms with E-state index in [-0.39, 0.29) is 24.8 Å². The van der Waals surface area contributed by atoms with Crippen LogP contribution in [0.1, 0.15) is 11.3 Å². The first kappa shape index (κ1) is 18.8. The molecule has 20 heavy (non-hydrogen) atoms. The zero-order chi connectivity index (χ0) is 13.0. The molecule has 0 saturated heterocycles. The summed E-state index contributed by atoms with van der Waals surface area (Å²) in [7, 11) is 6.06. The quantitative estimate of drug-likeness (QED) is 0.920. The lowest BCUT2D eigenvalue weighted by molar-refractivity contribution is 0.626. The van der Waals surface area contributed by atoms with Gasteiger partial charge in [-0.2, -0.15) is 5.10 Å². The van der Waals surface area contributed by atoms with Crippen molar-refractivity contribution < 1.29 is 0 Å². The Morgan fingerprint density at radius 1 is 1.05 bits per heavy atom. The number of rotatable bonds is 5. The fourth-order valence-corrected chi connectivity index (χ4v) is 1.82. The fourth-order valence-electron chi connectivity index (χ4n) is 1.82. The number of aryl methyl sites for hydroxylation is 1. The van der Waals surface area contributed by atoms with Gasteiger partial charge in [-0.3, -0.25) is 4.68 Å². The number of halogens is 2. The molecule has 1 aromatic heterocycles. The molecule has 0 aliphatic heterocycles. The van der Waals surface area contributed by atoms with E-state index in [0.717, 1.165) is 13.1 Å². The molecular weight excluding hydrogens is 295 g/mol. The van der Waals surface area contributed by atoms with Crippen molar-refractivity contribution in [2.24, 2.45) is 7.05 Å². The highest BCUT2D eigenvalue weighted by molar-refractivity contribution is 5.85. The molecule has 0 spiro atoms. The Bertz CT molecular complexity index is 494. The molecule has 2 rings (SSSR count). The van der Waals surface area contributed by atoms with Crippen LogP contribution in [0.4, 0.5) is 5.69 Å². The van der Waals surface area contributed by atoms with Crippen LogP contribution in [0, 0.1) is 0 Å². The van der Waals surface area contributed by atoms with Gasteiger partial charge >= 0.3 is 0 Å². The molecule has 0 saturated carbocycles. The summed E-state index contributed by atoms with van der Waals surface area (Å²) in [5.41, 5.74) is 3.72. The summed E-state index contributed by atoms with van der Waals surface area (Å²) in [6.45, 7) is 1.71. The van der Waals surface area contributed by atoms with Crippen LogP contribution in [-0.4, -0.2) is 23.9 Å². The lowest BCUT2D eigenvalue weighted by Gasteiger charge is -2.13.